The average molecular weight is 445 g/mol. The van der Waals surface area contributed by atoms with Crippen molar-refractivity contribution >= 4 is 35.6 Å². The van der Waals surface area contributed by atoms with E-state index in [1.54, 1.807) is 0 Å². The fourth-order valence-electron chi connectivity index (χ4n) is 3.13. The van der Waals surface area contributed by atoms with Crippen molar-refractivity contribution in [1.82, 2.24) is 10.2 Å². The zero-order chi connectivity index (χ0) is 16.8. The quantitative estimate of drug-likeness (QED) is 0.402. The van der Waals surface area contributed by atoms with Gasteiger partial charge in [0.25, 0.3) is 0 Å². The van der Waals surface area contributed by atoms with E-state index in [2.05, 4.69) is 66.3 Å². The van der Waals surface area contributed by atoms with E-state index in [1.807, 2.05) is 0 Å². The van der Waals surface area contributed by atoms with Crippen LogP contribution in [0.5, 0.6) is 0 Å². The van der Waals surface area contributed by atoms with Crippen molar-refractivity contribution in [3.63, 3.8) is 0 Å². The molecule has 1 aliphatic rings. The summed E-state index contributed by atoms with van der Waals surface area (Å²) in [5.41, 5.74) is 9.71. The van der Waals surface area contributed by atoms with Crippen LogP contribution in [-0.2, 0) is 6.54 Å². The summed E-state index contributed by atoms with van der Waals surface area (Å²) in [5, 5.41) is 3.29. The maximum absolute atomic E-state index is 6.03. The molecule has 1 aliphatic heterocycles. The van der Waals surface area contributed by atoms with Gasteiger partial charge < -0.3 is 16.0 Å². The Hall–Kier alpha value is -1.02. The first-order valence-electron chi connectivity index (χ1n) is 8.56. The van der Waals surface area contributed by atoms with E-state index in [1.165, 1.54) is 36.2 Å². The van der Waals surface area contributed by atoms with Gasteiger partial charge in [-0.25, -0.2) is 4.99 Å². The molecule has 0 aromatic heterocycles. The lowest BCUT2D eigenvalue weighted by Crippen LogP contribution is -2.42. The molecule has 5 nitrogen and oxygen atoms in total. The van der Waals surface area contributed by atoms with Gasteiger partial charge in [0.2, 0.25) is 0 Å². The van der Waals surface area contributed by atoms with Crippen molar-refractivity contribution in [3.8, 4) is 0 Å². The second-order valence-electron chi connectivity index (χ2n) is 6.51. The van der Waals surface area contributed by atoms with Gasteiger partial charge in [0.15, 0.2) is 5.96 Å². The van der Waals surface area contributed by atoms with Gasteiger partial charge in [-0.2, -0.15) is 0 Å². The lowest BCUT2D eigenvalue weighted by molar-refractivity contribution is 0.267. The average Bonchev–Trinajstić information content (AvgIpc) is 2.99. The SMILES string of the molecule is CCN1CCCC1CNC(N)=NCc1ccc(N(C)C)cc1C.I. The van der Waals surface area contributed by atoms with Crippen molar-refractivity contribution in [1.29, 1.82) is 0 Å². The van der Waals surface area contributed by atoms with Crippen LogP contribution < -0.4 is 16.0 Å². The first-order chi connectivity index (χ1) is 11.0. The third-order valence-electron chi connectivity index (χ3n) is 4.69. The molecule has 0 radical (unpaired) electrons. The van der Waals surface area contributed by atoms with Crippen LogP contribution in [0.1, 0.15) is 30.9 Å². The Kier molecular flexibility index (Phi) is 8.83. The van der Waals surface area contributed by atoms with Crippen LogP contribution in [0.15, 0.2) is 23.2 Å². The second kappa shape index (κ2) is 10.1. The largest absolute Gasteiger partial charge is 0.378 e. The molecular formula is C18H32IN5. The second-order valence-corrected chi connectivity index (χ2v) is 6.51. The monoisotopic (exact) mass is 445 g/mol. The number of nitrogens with two attached hydrogens (primary N) is 1. The molecule has 1 fully saturated rings. The Morgan fingerprint density at radius 3 is 2.79 bits per heavy atom. The number of benzene rings is 1. The highest BCUT2D eigenvalue weighted by atomic mass is 127. The minimum Gasteiger partial charge on any atom is -0.378 e. The number of rotatable bonds is 6. The number of aliphatic imine (C=N–C) groups is 1. The van der Waals surface area contributed by atoms with Crippen LogP contribution in [0.2, 0.25) is 0 Å². The molecule has 0 spiro atoms. The summed E-state index contributed by atoms with van der Waals surface area (Å²) in [7, 11) is 4.11. The lowest BCUT2D eigenvalue weighted by Gasteiger charge is -2.23. The zero-order valence-electron chi connectivity index (χ0n) is 15.4. The van der Waals surface area contributed by atoms with E-state index >= 15 is 0 Å². The van der Waals surface area contributed by atoms with Crippen molar-refractivity contribution in [3.05, 3.63) is 29.3 Å². The number of likely N-dealkylation sites (N-methyl/N-ethyl adjacent to an activating group) is 1. The van der Waals surface area contributed by atoms with Crippen molar-refractivity contribution < 1.29 is 0 Å². The van der Waals surface area contributed by atoms with E-state index < -0.39 is 0 Å². The van der Waals surface area contributed by atoms with Crippen molar-refractivity contribution in [2.24, 2.45) is 10.7 Å². The third kappa shape index (κ3) is 5.81. The molecule has 0 amide bonds. The Morgan fingerprint density at radius 1 is 1.42 bits per heavy atom. The van der Waals surface area contributed by atoms with Gasteiger partial charge in [0.05, 0.1) is 6.54 Å². The standard InChI is InChI=1S/C18H31N5.HI/c1-5-23-10-6-7-17(23)13-21-18(19)20-12-15-8-9-16(22(3)4)11-14(15)2;/h8-9,11,17H,5-7,10,12-13H2,1-4H3,(H3,19,20,21);1H. The van der Waals surface area contributed by atoms with Crippen LogP contribution >= 0.6 is 24.0 Å². The highest BCUT2D eigenvalue weighted by Crippen LogP contribution is 2.18. The van der Waals surface area contributed by atoms with Gasteiger partial charge in [0.1, 0.15) is 0 Å². The van der Waals surface area contributed by atoms with Gasteiger partial charge in [0, 0.05) is 32.4 Å². The number of nitrogens with one attached hydrogen (secondary N) is 1. The summed E-state index contributed by atoms with van der Waals surface area (Å²) in [4.78, 5) is 9.11. The molecule has 1 aromatic carbocycles. The molecule has 1 atom stereocenters. The highest BCUT2D eigenvalue weighted by Gasteiger charge is 2.22. The Balaban J connectivity index is 0.00000288. The maximum Gasteiger partial charge on any atom is 0.188 e. The molecule has 1 unspecified atom stereocenters. The number of nitrogens with zero attached hydrogens (tertiary/aromatic N) is 3. The topological polar surface area (TPSA) is 56.9 Å². The van der Waals surface area contributed by atoms with E-state index in [4.69, 9.17) is 5.73 Å². The molecule has 1 saturated heterocycles. The fourth-order valence-corrected chi connectivity index (χ4v) is 3.13. The Bertz CT molecular complexity index is 544. The Labute approximate surface area is 163 Å². The highest BCUT2D eigenvalue weighted by molar-refractivity contribution is 14.0. The third-order valence-corrected chi connectivity index (χ3v) is 4.69. The Morgan fingerprint density at radius 2 is 2.17 bits per heavy atom. The number of halogens is 1. The summed E-state index contributed by atoms with van der Waals surface area (Å²) in [6.45, 7) is 8.18. The lowest BCUT2D eigenvalue weighted by atomic mass is 10.1. The van der Waals surface area contributed by atoms with E-state index in [-0.39, 0.29) is 24.0 Å². The number of anilines is 1. The van der Waals surface area contributed by atoms with E-state index in [9.17, 15) is 0 Å². The molecule has 6 heteroatoms. The molecule has 0 aliphatic carbocycles. The number of likely N-dealkylation sites (tertiary alicyclic amines) is 1. The predicted molar refractivity (Wildman–Crippen MR) is 115 cm³/mol. The number of guanidine groups is 1. The normalized spacial score (nSPS) is 18.3. The molecule has 3 N–H and O–H groups in total. The van der Waals surface area contributed by atoms with Gasteiger partial charge in [-0.05, 0) is 56.1 Å². The minimum absolute atomic E-state index is 0. The number of hydrogen-bond donors (Lipinski definition) is 2. The van der Waals surface area contributed by atoms with Crippen LogP contribution in [0.3, 0.4) is 0 Å². The number of aryl methyl sites for hydroxylation is 1. The summed E-state index contributed by atoms with van der Waals surface area (Å²) < 4.78 is 0. The molecular weight excluding hydrogens is 413 g/mol. The van der Waals surface area contributed by atoms with Gasteiger partial charge in [-0.1, -0.05) is 13.0 Å². The summed E-state index contributed by atoms with van der Waals surface area (Å²) >= 11 is 0. The molecule has 1 heterocycles. The van der Waals surface area contributed by atoms with E-state index in [0.717, 1.165) is 13.1 Å². The van der Waals surface area contributed by atoms with Gasteiger partial charge in [-0.15, -0.1) is 24.0 Å². The first kappa shape index (κ1) is 21.0. The van der Waals surface area contributed by atoms with Crippen molar-refractivity contribution in [2.75, 3.05) is 38.6 Å². The predicted octanol–water partition coefficient (Wildman–Crippen LogP) is 2.57. The summed E-state index contributed by atoms with van der Waals surface area (Å²) in [5.74, 6) is 0.545. The van der Waals surface area contributed by atoms with Crippen LogP contribution in [0.4, 0.5) is 5.69 Å². The minimum atomic E-state index is 0. The first-order valence-corrected chi connectivity index (χ1v) is 8.56. The maximum atomic E-state index is 6.03. The van der Waals surface area contributed by atoms with E-state index in [0.29, 0.717) is 18.5 Å². The number of hydrogen-bond acceptors (Lipinski definition) is 3. The van der Waals surface area contributed by atoms with Crippen LogP contribution in [0.25, 0.3) is 0 Å². The molecule has 24 heavy (non-hydrogen) atoms. The van der Waals surface area contributed by atoms with Gasteiger partial charge >= 0.3 is 0 Å². The smallest absolute Gasteiger partial charge is 0.188 e. The molecule has 0 saturated carbocycles. The molecule has 1 aromatic rings. The molecule has 0 bridgehead atoms. The zero-order valence-corrected chi connectivity index (χ0v) is 17.7. The van der Waals surface area contributed by atoms with Gasteiger partial charge in [-0.3, -0.25) is 4.90 Å². The summed E-state index contributed by atoms with van der Waals surface area (Å²) in [6, 6.07) is 7.04. The summed E-state index contributed by atoms with van der Waals surface area (Å²) in [6.07, 6.45) is 2.54. The van der Waals surface area contributed by atoms with Crippen molar-refractivity contribution in [2.45, 2.75) is 39.3 Å². The fraction of sp³-hybridized carbons (Fsp3) is 0.611. The van der Waals surface area contributed by atoms with Crippen LogP contribution in [-0.4, -0.2) is 50.6 Å². The van der Waals surface area contributed by atoms with Crippen LogP contribution in [0, 0.1) is 6.92 Å². The molecule has 136 valence electrons. The molecule has 2 rings (SSSR count).